The Bertz CT molecular complexity index is 482. The van der Waals surface area contributed by atoms with E-state index in [0.29, 0.717) is 38.4 Å². The van der Waals surface area contributed by atoms with Crippen molar-refractivity contribution in [2.45, 2.75) is 13.0 Å². The van der Waals surface area contributed by atoms with Gasteiger partial charge in [-0.2, -0.15) is 10.2 Å². The van der Waals surface area contributed by atoms with Gasteiger partial charge in [0.15, 0.2) is 0 Å². The average Bonchev–Trinajstić information content (AvgIpc) is 2.71. The summed E-state index contributed by atoms with van der Waals surface area (Å²) in [5.74, 6) is -0.837. The van der Waals surface area contributed by atoms with E-state index in [0.717, 1.165) is 6.42 Å². The van der Waals surface area contributed by atoms with E-state index in [1.165, 1.54) is 0 Å². The highest BCUT2D eigenvalue weighted by molar-refractivity contribution is 5.74. The SMILES string of the molecule is O=C(O)CN1CCCN(C(=O)NCc2cccnn2)CC1. The standard InChI is InChI=1S/C13H19N5O3/c19-12(20)10-17-5-2-6-18(8-7-17)13(21)14-9-11-3-1-4-15-16-11/h1,3-4H,2,5-10H2,(H,14,21)(H,19,20). The third kappa shape index (κ3) is 4.99. The number of amides is 2. The van der Waals surface area contributed by atoms with Gasteiger partial charge in [0.1, 0.15) is 0 Å². The molecule has 1 saturated heterocycles. The van der Waals surface area contributed by atoms with Crippen LogP contribution in [-0.2, 0) is 11.3 Å². The van der Waals surface area contributed by atoms with Crippen molar-refractivity contribution in [1.29, 1.82) is 0 Å². The van der Waals surface area contributed by atoms with Crippen molar-refractivity contribution in [3.8, 4) is 0 Å². The highest BCUT2D eigenvalue weighted by Crippen LogP contribution is 2.03. The van der Waals surface area contributed by atoms with Crippen LogP contribution >= 0.6 is 0 Å². The van der Waals surface area contributed by atoms with Crippen LogP contribution in [0.5, 0.6) is 0 Å². The van der Waals surface area contributed by atoms with Gasteiger partial charge < -0.3 is 15.3 Å². The van der Waals surface area contributed by atoms with E-state index in [9.17, 15) is 9.59 Å². The molecule has 0 unspecified atom stereocenters. The summed E-state index contributed by atoms with van der Waals surface area (Å²) in [5.41, 5.74) is 0.702. The molecule has 114 valence electrons. The molecule has 1 aliphatic heterocycles. The van der Waals surface area contributed by atoms with Crippen LogP contribution in [-0.4, -0.2) is 69.8 Å². The fourth-order valence-electron chi connectivity index (χ4n) is 2.23. The molecule has 0 atom stereocenters. The highest BCUT2D eigenvalue weighted by Gasteiger charge is 2.20. The molecule has 1 aromatic heterocycles. The number of hydrogen-bond donors (Lipinski definition) is 2. The lowest BCUT2D eigenvalue weighted by atomic mass is 10.4. The van der Waals surface area contributed by atoms with E-state index in [4.69, 9.17) is 5.11 Å². The predicted octanol–water partition coefficient (Wildman–Crippen LogP) is -0.221. The van der Waals surface area contributed by atoms with Crippen molar-refractivity contribution in [3.63, 3.8) is 0 Å². The summed E-state index contributed by atoms with van der Waals surface area (Å²) in [6.07, 6.45) is 2.35. The first-order chi connectivity index (χ1) is 10.1. The fourth-order valence-corrected chi connectivity index (χ4v) is 2.23. The van der Waals surface area contributed by atoms with Crippen LogP contribution in [0.15, 0.2) is 18.3 Å². The van der Waals surface area contributed by atoms with Gasteiger partial charge in [0, 0.05) is 32.4 Å². The number of carboxylic acid groups (broad SMARTS) is 1. The van der Waals surface area contributed by atoms with Crippen LogP contribution in [0.25, 0.3) is 0 Å². The van der Waals surface area contributed by atoms with E-state index >= 15 is 0 Å². The molecule has 1 aliphatic rings. The Balaban J connectivity index is 1.79. The Labute approximate surface area is 122 Å². The molecule has 1 aromatic rings. The first kappa shape index (κ1) is 15.2. The number of carbonyl (C=O) groups is 2. The van der Waals surface area contributed by atoms with Crippen molar-refractivity contribution in [2.24, 2.45) is 0 Å². The van der Waals surface area contributed by atoms with Crippen molar-refractivity contribution in [1.82, 2.24) is 25.3 Å². The second kappa shape index (κ2) is 7.53. The van der Waals surface area contributed by atoms with Crippen LogP contribution in [0, 0.1) is 0 Å². The minimum Gasteiger partial charge on any atom is -0.480 e. The molecule has 21 heavy (non-hydrogen) atoms. The first-order valence-electron chi connectivity index (χ1n) is 6.88. The van der Waals surface area contributed by atoms with Crippen LogP contribution in [0.2, 0.25) is 0 Å². The lowest BCUT2D eigenvalue weighted by molar-refractivity contribution is -0.138. The maximum Gasteiger partial charge on any atom is 0.317 e. The maximum absolute atomic E-state index is 12.1. The van der Waals surface area contributed by atoms with Crippen molar-refractivity contribution in [2.75, 3.05) is 32.7 Å². The molecule has 0 saturated carbocycles. The molecule has 8 nitrogen and oxygen atoms in total. The minimum atomic E-state index is -0.837. The summed E-state index contributed by atoms with van der Waals surface area (Å²) < 4.78 is 0. The van der Waals surface area contributed by atoms with Crippen LogP contribution in [0.4, 0.5) is 4.79 Å². The number of carbonyl (C=O) groups excluding carboxylic acids is 1. The summed E-state index contributed by atoms with van der Waals surface area (Å²) in [4.78, 5) is 26.3. The smallest absolute Gasteiger partial charge is 0.317 e. The van der Waals surface area contributed by atoms with Gasteiger partial charge in [-0.05, 0) is 18.6 Å². The quantitative estimate of drug-likeness (QED) is 0.796. The van der Waals surface area contributed by atoms with Gasteiger partial charge in [-0.15, -0.1) is 0 Å². The number of rotatable bonds is 4. The Morgan fingerprint density at radius 3 is 2.86 bits per heavy atom. The zero-order chi connectivity index (χ0) is 15.1. The normalized spacial score (nSPS) is 16.3. The number of aliphatic carboxylic acids is 1. The zero-order valence-corrected chi connectivity index (χ0v) is 11.7. The van der Waals surface area contributed by atoms with E-state index < -0.39 is 5.97 Å². The fraction of sp³-hybridized carbons (Fsp3) is 0.538. The molecule has 8 heteroatoms. The second-order valence-electron chi connectivity index (χ2n) is 4.88. The van der Waals surface area contributed by atoms with Crippen LogP contribution < -0.4 is 5.32 Å². The topological polar surface area (TPSA) is 98.7 Å². The number of urea groups is 1. The monoisotopic (exact) mass is 293 g/mol. The van der Waals surface area contributed by atoms with E-state index in [1.54, 1.807) is 23.2 Å². The van der Waals surface area contributed by atoms with Crippen molar-refractivity contribution < 1.29 is 14.7 Å². The van der Waals surface area contributed by atoms with Crippen molar-refractivity contribution in [3.05, 3.63) is 24.0 Å². The Kier molecular flexibility index (Phi) is 5.44. The Hall–Kier alpha value is -2.22. The third-order valence-electron chi connectivity index (χ3n) is 3.28. The lowest BCUT2D eigenvalue weighted by Crippen LogP contribution is -2.42. The number of nitrogens with zero attached hydrogens (tertiary/aromatic N) is 4. The third-order valence-corrected chi connectivity index (χ3v) is 3.28. The molecule has 1 fully saturated rings. The Morgan fingerprint density at radius 2 is 2.14 bits per heavy atom. The van der Waals surface area contributed by atoms with Crippen LogP contribution in [0.3, 0.4) is 0 Å². The molecule has 0 bridgehead atoms. The minimum absolute atomic E-state index is 0.0229. The predicted molar refractivity (Wildman–Crippen MR) is 74.5 cm³/mol. The first-order valence-corrected chi connectivity index (χ1v) is 6.88. The maximum atomic E-state index is 12.1. The number of carboxylic acids is 1. The second-order valence-corrected chi connectivity index (χ2v) is 4.88. The molecule has 2 amide bonds. The van der Waals surface area contributed by atoms with E-state index in [-0.39, 0.29) is 12.6 Å². The number of hydrogen-bond acceptors (Lipinski definition) is 5. The van der Waals surface area contributed by atoms with E-state index in [1.807, 2.05) is 4.90 Å². The molecular weight excluding hydrogens is 274 g/mol. The van der Waals surface area contributed by atoms with Gasteiger partial charge in [0.2, 0.25) is 0 Å². The molecule has 0 aliphatic carbocycles. The highest BCUT2D eigenvalue weighted by atomic mass is 16.4. The van der Waals surface area contributed by atoms with Gasteiger partial charge in [-0.1, -0.05) is 0 Å². The molecule has 0 radical (unpaired) electrons. The molecule has 2 rings (SSSR count). The van der Waals surface area contributed by atoms with Gasteiger partial charge in [0.25, 0.3) is 0 Å². The molecule has 2 N–H and O–H groups in total. The summed E-state index contributed by atoms with van der Waals surface area (Å²) >= 11 is 0. The molecular formula is C13H19N5O3. The molecule has 0 aromatic carbocycles. The van der Waals surface area contributed by atoms with Crippen LogP contribution in [0.1, 0.15) is 12.1 Å². The molecule has 2 heterocycles. The average molecular weight is 293 g/mol. The largest absolute Gasteiger partial charge is 0.480 e. The summed E-state index contributed by atoms with van der Waals surface area (Å²) in [6, 6.07) is 3.41. The number of nitrogens with one attached hydrogen (secondary N) is 1. The zero-order valence-electron chi connectivity index (χ0n) is 11.7. The summed E-state index contributed by atoms with van der Waals surface area (Å²) in [5, 5.41) is 19.3. The van der Waals surface area contributed by atoms with Gasteiger partial charge >= 0.3 is 12.0 Å². The van der Waals surface area contributed by atoms with Gasteiger partial charge in [-0.3, -0.25) is 9.69 Å². The van der Waals surface area contributed by atoms with Crippen molar-refractivity contribution >= 4 is 12.0 Å². The molecule has 0 spiro atoms. The number of aromatic nitrogens is 2. The Morgan fingerprint density at radius 1 is 1.29 bits per heavy atom. The van der Waals surface area contributed by atoms with E-state index in [2.05, 4.69) is 15.5 Å². The van der Waals surface area contributed by atoms with Gasteiger partial charge in [-0.25, -0.2) is 4.79 Å². The summed E-state index contributed by atoms with van der Waals surface area (Å²) in [6.45, 7) is 2.78. The summed E-state index contributed by atoms with van der Waals surface area (Å²) in [7, 11) is 0. The lowest BCUT2D eigenvalue weighted by Gasteiger charge is -2.21. The van der Waals surface area contributed by atoms with Gasteiger partial charge in [0.05, 0.1) is 18.8 Å².